The summed E-state index contributed by atoms with van der Waals surface area (Å²) < 4.78 is 1.97. The molecule has 1 amide bonds. The van der Waals surface area contributed by atoms with Crippen LogP contribution in [-0.4, -0.2) is 38.1 Å². The molecule has 0 aromatic carbocycles. The van der Waals surface area contributed by atoms with Crippen LogP contribution in [0.15, 0.2) is 36.9 Å². The molecule has 7 heteroatoms. The molecule has 2 N–H and O–H groups in total. The van der Waals surface area contributed by atoms with Crippen LogP contribution in [0.3, 0.4) is 0 Å². The number of aryl methyl sites for hydroxylation is 1. The molecule has 110 valence electrons. The van der Waals surface area contributed by atoms with Crippen molar-refractivity contribution in [3.8, 4) is 0 Å². The Morgan fingerprint density at radius 2 is 2.05 bits per heavy atom. The third-order valence-corrected chi connectivity index (χ3v) is 2.89. The van der Waals surface area contributed by atoms with Crippen LogP contribution in [-0.2, 0) is 6.54 Å². The lowest BCUT2D eigenvalue weighted by atomic mass is 10.2. The summed E-state index contributed by atoms with van der Waals surface area (Å²) >= 11 is 0. The fraction of sp³-hybridized carbons (Fsp3) is 0.286. The van der Waals surface area contributed by atoms with Gasteiger partial charge >= 0.3 is 5.97 Å². The SMILES string of the molecule is O=C(O)c1cccc(C(=O)NCCCCn2ccnc2)n1. The van der Waals surface area contributed by atoms with Gasteiger partial charge in [0.15, 0.2) is 0 Å². The van der Waals surface area contributed by atoms with E-state index in [1.54, 1.807) is 12.5 Å². The minimum Gasteiger partial charge on any atom is -0.477 e. The Labute approximate surface area is 121 Å². The van der Waals surface area contributed by atoms with Gasteiger partial charge in [0.2, 0.25) is 0 Å². The molecule has 0 aliphatic rings. The topological polar surface area (TPSA) is 97.1 Å². The van der Waals surface area contributed by atoms with E-state index in [1.165, 1.54) is 18.2 Å². The molecule has 0 aliphatic carbocycles. The number of hydrogen-bond acceptors (Lipinski definition) is 4. The summed E-state index contributed by atoms with van der Waals surface area (Å²) in [6.45, 7) is 1.37. The monoisotopic (exact) mass is 288 g/mol. The molecular formula is C14H16N4O3. The van der Waals surface area contributed by atoms with Gasteiger partial charge in [0.25, 0.3) is 5.91 Å². The third-order valence-electron chi connectivity index (χ3n) is 2.89. The normalized spacial score (nSPS) is 10.3. The van der Waals surface area contributed by atoms with Gasteiger partial charge in [0, 0.05) is 25.5 Å². The third kappa shape index (κ3) is 4.41. The zero-order valence-corrected chi connectivity index (χ0v) is 11.4. The fourth-order valence-corrected chi connectivity index (χ4v) is 1.81. The van der Waals surface area contributed by atoms with Crippen LogP contribution in [0.4, 0.5) is 0 Å². The summed E-state index contributed by atoms with van der Waals surface area (Å²) in [7, 11) is 0. The lowest BCUT2D eigenvalue weighted by Crippen LogP contribution is -2.26. The number of rotatable bonds is 7. The van der Waals surface area contributed by atoms with Crippen molar-refractivity contribution in [1.29, 1.82) is 0 Å². The lowest BCUT2D eigenvalue weighted by molar-refractivity contribution is 0.0690. The molecule has 0 saturated heterocycles. The van der Waals surface area contributed by atoms with E-state index >= 15 is 0 Å². The van der Waals surface area contributed by atoms with Gasteiger partial charge in [-0.25, -0.2) is 14.8 Å². The number of carbonyl (C=O) groups is 2. The summed E-state index contributed by atoms with van der Waals surface area (Å²) in [6.07, 6.45) is 7.10. The smallest absolute Gasteiger partial charge is 0.354 e. The Kier molecular flexibility index (Phi) is 5.03. The number of nitrogens with zero attached hydrogens (tertiary/aromatic N) is 3. The number of aromatic carboxylic acids is 1. The first-order valence-corrected chi connectivity index (χ1v) is 6.61. The maximum absolute atomic E-state index is 11.8. The van der Waals surface area contributed by atoms with E-state index < -0.39 is 5.97 Å². The fourth-order valence-electron chi connectivity index (χ4n) is 1.81. The minimum atomic E-state index is -1.15. The van der Waals surface area contributed by atoms with Crippen LogP contribution in [0.25, 0.3) is 0 Å². The molecular weight excluding hydrogens is 272 g/mol. The van der Waals surface area contributed by atoms with Gasteiger partial charge in [0.05, 0.1) is 6.33 Å². The van der Waals surface area contributed by atoms with Gasteiger partial charge in [-0.05, 0) is 25.0 Å². The molecule has 7 nitrogen and oxygen atoms in total. The van der Waals surface area contributed by atoms with E-state index in [4.69, 9.17) is 5.11 Å². The molecule has 2 rings (SSSR count). The number of aromatic nitrogens is 3. The number of carboxylic acid groups (broad SMARTS) is 1. The van der Waals surface area contributed by atoms with E-state index in [0.29, 0.717) is 6.54 Å². The highest BCUT2D eigenvalue weighted by molar-refractivity contribution is 5.94. The summed E-state index contributed by atoms with van der Waals surface area (Å²) in [5.74, 6) is -1.51. The van der Waals surface area contributed by atoms with Gasteiger partial charge in [0.1, 0.15) is 11.4 Å². The van der Waals surface area contributed by atoms with Gasteiger partial charge < -0.3 is 15.0 Å². The highest BCUT2D eigenvalue weighted by Gasteiger charge is 2.10. The summed E-state index contributed by atoms with van der Waals surface area (Å²) in [4.78, 5) is 30.4. The lowest BCUT2D eigenvalue weighted by Gasteiger charge is -2.05. The zero-order valence-electron chi connectivity index (χ0n) is 11.4. The molecule has 0 spiro atoms. The van der Waals surface area contributed by atoms with E-state index in [-0.39, 0.29) is 17.3 Å². The standard InChI is InChI=1S/C14H16N4O3/c19-13(11-4-3-5-12(17-11)14(20)21)16-6-1-2-8-18-9-7-15-10-18/h3-5,7,9-10H,1-2,6,8H2,(H,16,19)(H,20,21). The summed E-state index contributed by atoms with van der Waals surface area (Å²) in [5.41, 5.74) is -0.0210. The Bertz CT molecular complexity index is 610. The molecule has 0 fully saturated rings. The number of nitrogens with one attached hydrogen (secondary N) is 1. The molecule has 0 atom stereocenters. The molecule has 0 saturated carbocycles. The average molecular weight is 288 g/mol. The molecule has 0 unspecified atom stereocenters. The van der Waals surface area contributed by atoms with Gasteiger partial charge in [-0.2, -0.15) is 0 Å². The zero-order chi connectivity index (χ0) is 15.1. The Hall–Kier alpha value is -2.70. The first-order valence-electron chi connectivity index (χ1n) is 6.61. The van der Waals surface area contributed by atoms with Crippen LogP contribution in [0.1, 0.15) is 33.8 Å². The quantitative estimate of drug-likeness (QED) is 0.746. The first kappa shape index (κ1) is 14.7. The number of pyridine rings is 1. The van der Waals surface area contributed by atoms with Gasteiger partial charge in [-0.1, -0.05) is 6.07 Å². The summed E-state index contributed by atoms with van der Waals surface area (Å²) in [5, 5.41) is 11.6. The first-order chi connectivity index (χ1) is 10.2. The van der Waals surface area contributed by atoms with Crippen molar-refractivity contribution in [2.24, 2.45) is 0 Å². The van der Waals surface area contributed by atoms with Crippen molar-refractivity contribution in [2.75, 3.05) is 6.54 Å². The van der Waals surface area contributed by atoms with E-state index in [2.05, 4.69) is 15.3 Å². The predicted octanol–water partition coefficient (Wildman–Crippen LogP) is 1.19. The van der Waals surface area contributed by atoms with Crippen LogP contribution in [0, 0.1) is 0 Å². The van der Waals surface area contributed by atoms with E-state index in [9.17, 15) is 9.59 Å². The van der Waals surface area contributed by atoms with Crippen molar-refractivity contribution in [3.63, 3.8) is 0 Å². The highest BCUT2D eigenvalue weighted by Crippen LogP contribution is 2.00. The molecule has 0 aliphatic heterocycles. The minimum absolute atomic E-state index is 0.115. The van der Waals surface area contributed by atoms with Crippen LogP contribution in [0.2, 0.25) is 0 Å². The molecule has 2 aromatic rings. The highest BCUT2D eigenvalue weighted by atomic mass is 16.4. The number of amides is 1. The second-order valence-corrected chi connectivity index (χ2v) is 4.48. The van der Waals surface area contributed by atoms with Crippen molar-refractivity contribution in [2.45, 2.75) is 19.4 Å². The molecule has 2 aromatic heterocycles. The molecule has 0 radical (unpaired) electrons. The van der Waals surface area contributed by atoms with Gasteiger partial charge in [-0.3, -0.25) is 4.79 Å². The van der Waals surface area contributed by atoms with Crippen LogP contribution >= 0.6 is 0 Å². The van der Waals surface area contributed by atoms with Crippen molar-refractivity contribution in [3.05, 3.63) is 48.3 Å². The molecule has 21 heavy (non-hydrogen) atoms. The summed E-state index contributed by atoms with van der Waals surface area (Å²) in [6, 6.07) is 4.35. The number of carbonyl (C=O) groups excluding carboxylic acids is 1. The largest absolute Gasteiger partial charge is 0.477 e. The van der Waals surface area contributed by atoms with E-state index in [0.717, 1.165) is 19.4 Å². The number of unbranched alkanes of at least 4 members (excludes halogenated alkanes) is 1. The van der Waals surface area contributed by atoms with Crippen molar-refractivity contribution < 1.29 is 14.7 Å². The van der Waals surface area contributed by atoms with Crippen molar-refractivity contribution >= 4 is 11.9 Å². The van der Waals surface area contributed by atoms with Crippen molar-refractivity contribution in [1.82, 2.24) is 19.9 Å². The number of hydrogen-bond donors (Lipinski definition) is 2. The maximum atomic E-state index is 11.8. The van der Waals surface area contributed by atoms with Crippen LogP contribution in [0.5, 0.6) is 0 Å². The second-order valence-electron chi connectivity index (χ2n) is 4.48. The van der Waals surface area contributed by atoms with Crippen LogP contribution < -0.4 is 5.32 Å². The second kappa shape index (κ2) is 7.18. The predicted molar refractivity (Wildman–Crippen MR) is 75.0 cm³/mol. The Balaban J connectivity index is 1.74. The number of imidazole rings is 1. The Morgan fingerprint density at radius 3 is 2.76 bits per heavy atom. The number of carboxylic acids is 1. The maximum Gasteiger partial charge on any atom is 0.354 e. The van der Waals surface area contributed by atoms with E-state index in [1.807, 2.05) is 10.8 Å². The molecule has 0 bridgehead atoms. The Morgan fingerprint density at radius 1 is 1.24 bits per heavy atom. The molecule has 2 heterocycles. The van der Waals surface area contributed by atoms with Gasteiger partial charge in [-0.15, -0.1) is 0 Å². The average Bonchev–Trinajstić information content (AvgIpc) is 3.00.